The minimum atomic E-state index is 0.543. The van der Waals surface area contributed by atoms with Crippen molar-refractivity contribution < 1.29 is 4.74 Å². The average molecular weight is 228 g/mol. The van der Waals surface area contributed by atoms with E-state index in [1.807, 2.05) is 6.07 Å². The van der Waals surface area contributed by atoms with Gasteiger partial charge in [-0.3, -0.25) is 0 Å². The monoisotopic (exact) mass is 228 g/mol. The van der Waals surface area contributed by atoms with E-state index >= 15 is 0 Å². The molecule has 0 saturated heterocycles. The van der Waals surface area contributed by atoms with Crippen LogP contribution in [0.25, 0.3) is 0 Å². The molecular weight excluding hydrogens is 208 g/mol. The van der Waals surface area contributed by atoms with Crippen LogP contribution in [0.5, 0.6) is 5.75 Å². The first-order valence-corrected chi connectivity index (χ1v) is 6.21. The molecule has 1 aliphatic rings. The number of hydrogen-bond donors (Lipinski definition) is 0. The summed E-state index contributed by atoms with van der Waals surface area (Å²) < 4.78 is 5.88. The number of rotatable bonds is 2. The zero-order valence-corrected chi connectivity index (χ0v) is 11.0. The molecule has 17 heavy (non-hydrogen) atoms. The molecule has 90 valence electrons. The molecule has 2 unspecified atom stereocenters. The highest BCUT2D eigenvalue weighted by Crippen LogP contribution is 2.25. The second-order valence-corrected chi connectivity index (χ2v) is 4.99. The number of hydrogen-bond acceptors (Lipinski definition) is 1. The van der Waals surface area contributed by atoms with Crippen LogP contribution in [0, 0.1) is 25.7 Å². The normalized spacial score (nSPS) is 23.4. The van der Waals surface area contributed by atoms with E-state index in [9.17, 15) is 0 Å². The molecule has 0 bridgehead atoms. The highest BCUT2D eigenvalue weighted by Gasteiger charge is 2.13. The van der Waals surface area contributed by atoms with E-state index in [4.69, 9.17) is 4.74 Å². The fourth-order valence-corrected chi connectivity index (χ4v) is 1.87. The molecule has 0 aliphatic heterocycles. The lowest BCUT2D eigenvalue weighted by molar-refractivity contribution is 0.418. The minimum Gasteiger partial charge on any atom is -0.458 e. The van der Waals surface area contributed by atoms with Gasteiger partial charge in [-0.1, -0.05) is 26.0 Å². The van der Waals surface area contributed by atoms with Gasteiger partial charge in [0.2, 0.25) is 0 Å². The topological polar surface area (TPSA) is 9.23 Å². The molecule has 1 aliphatic carbocycles. The maximum Gasteiger partial charge on any atom is 0.127 e. The number of ether oxygens (including phenoxy) is 1. The van der Waals surface area contributed by atoms with Gasteiger partial charge in [0.15, 0.2) is 0 Å². The summed E-state index contributed by atoms with van der Waals surface area (Å²) in [7, 11) is 0. The molecule has 0 amide bonds. The van der Waals surface area contributed by atoms with Crippen molar-refractivity contribution in [2.24, 2.45) is 11.8 Å². The van der Waals surface area contributed by atoms with Crippen molar-refractivity contribution in [3.63, 3.8) is 0 Å². The van der Waals surface area contributed by atoms with Crippen molar-refractivity contribution in [3.05, 3.63) is 53.3 Å². The number of benzene rings is 1. The Bertz CT molecular complexity index is 468. The van der Waals surface area contributed by atoms with Gasteiger partial charge in [0, 0.05) is 0 Å². The molecular formula is C16H20O. The summed E-state index contributed by atoms with van der Waals surface area (Å²) in [6.45, 7) is 8.67. The van der Waals surface area contributed by atoms with E-state index in [1.165, 1.54) is 11.1 Å². The van der Waals surface area contributed by atoms with Gasteiger partial charge in [0.25, 0.3) is 0 Å². The molecule has 1 nitrogen and oxygen atoms in total. The third-order valence-corrected chi connectivity index (χ3v) is 3.53. The van der Waals surface area contributed by atoms with Crippen LogP contribution in [0.15, 0.2) is 42.2 Å². The van der Waals surface area contributed by atoms with Gasteiger partial charge < -0.3 is 4.74 Å². The van der Waals surface area contributed by atoms with Crippen LogP contribution in [0.3, 0.4) is 0 Å². The molecule has 0 fully saturated rings. The van der Waals surface area contributed by atoms with Crippen LogP contribution in [0.1, 0.15) is 25.0 Å². The lowest BCUT2D eigenvalue weighted by Gasteiger charge is -2.19. The summed E-state index contributed by atoms with van der Waals surface area (Å²) in [6.07, 6.45) is 6.47. The van der Waals surface area contributed by atoms with Crippen molar-refractivity contribution in [2.75, 3.05) is 0 Å². The summed E-state index contributed by atoms with van der Waals surface area (Å²) in [6, 6.07) is 6.22. The third kappa shape index (κ3) is 2.79. The Balaban J connectivity index is 2.14. The maximum absolute atomic E-state index is 5.88. The molecule has 0 radical (unpaired) electrons. The summed E-state index contributed by atoms with van der Waals surface area (Å²) >= 11 is 0. The Morgan fingerprint density at radius 1 is 1.00 bits per heavy atom. The van der Waals surface area contributed by atoms with Gasteiger partial charge in [0.05, 0.1) is 0 Å². The highest BCUT2D eigenvalue weighted by atomic mass is 16.5. The third-order valence-electron chi connectivity index (χ3n) is 3.53. The second-order valence-electron chi connectivity index (χ2n) is 4.99. The predicted octanol–water partition coefficient (Wildman–Crippen LogP) is 4.41. The molecule has 0 saturated carbocycles. The number of aryl methyl sites for hydroxylation is 2. The van der Waals surface area contributed by atoms with Gasteiger partial charge in [-0.05, 0) is 61.1 Å². The average Bonchev–Trinajstić information content (AvgIpc) is 2.29. The first-order chi connectivity index (χ1) is 8.06. The van der Waals surface area contributed by atoms with Crippen molar-refractivity contribution in [1.82, 2.24) is 0 Å². The smallest absolute Gasteiger partial charge is 0.127 e. The molecule has 0 N–H and O–H groups in total. The van der Waals surface area contributed by atoms with Gasteiger partial charge in [0.1, 0.15) is 11.5 Å². The molecule has 1 heteroatoms. The zero-order chi connectivity index (χ0) is 12.4. The zero-order valence-electron chi connectivity index (χ0n) is 11.0. The van der Waals surface area contributed by atoms with Crippen molar-refractivity contribution in [3.8, 4) is 5.75 Å². The summed E-state index contributed by atoms with van der Waals surface area (Å²) in [5.74, 6) is 3.02. The molecule has 1 aromatic rings. The first kappa shape index (κ1) is 12.0. The Labute approximate surface area is 104 Å². The first-order valence-electron chi connectivity index (χ1n) is 6.21. The van der Waals surface area contributed by atoms with Gasteiger partial charge >= 0.3 is 0 Å². The summed E-state index contributed by atoms with van der Waals surface area (Å²) in [5, 5.41) is 0. The number of allylic oxidation sites excluding steroid dienone is 3. The van der Waals surface area contributed by atoms with Gasteiger partial charge in [-0.2, -0.15) is 0 Å². The van der Waals surface area contributed by atoms with Crippen molar-refractivity contribution >= 4 is 0 Å². The van der Waals surface area contributed by atoms with E-state index in [0.717, 1.165) is 11.5 Å². The van der Waals surface area contributed by atoms with Crippen LogP contribution >= 0.6 is 0 Å². The molecule has 0 aromatic heterocycles. The molecule has 0 heterocycles. The summed E-state index contributed by atoms with van der Waals surface area (Å²) in [5.41, 5.74) is 2.57. The van der Waals surface area contributed by atoms with Gasteiger partial charge in [-0.25, -0.2) is 0 Å². The quantitative estimate of drug-likeness (QED) is 0.728. The Morgan fingerprint density at radius 3 is 2.41 bits per heavy atom. The van der Waals surface area contributed by atoms with Crippen molar-refractivity contribution in [2.45, 2.75) is 27.7 Å². The van der Waals surface area contributed by atoms with E-state index in [0.29, 0.717) is 11.8 Å². The fourth-order valence-electron chi connectivity index (χ4n) is 1.87. The maximum atomic E-state index is 5.88. The Hall–Kier alpha value is -1.50. The SMILES string of the molecule is Cc1ccc(OC2=CC(C)C(C)C=C2)cc1C. The summed E-state index contributed by atoms with van der Waals surface area (Å²) in [4.78, 5) is 0. The Kier molecular flexibility index (Phi) is 3.37. The molecule has 0 spiro atoms. The van der Waals surface area contributed by atoms with Crippen LogP contribution in [0.4, 0.5) is 0 Å². The van der Waals surface area contributed by atoms with E-state index in [-0.39, 0.29) is 0 Å². The molecule has 1 aromatic carbocycles. The fraction of sp³-hybridized carbons (Fsp3) is 0.375. The van der Waals surface area contributed by atoms with E-state index in [2.05, 4.69) is 58.1 Å². The van der Waals surface area contributed by atoms with Crippen LogP contribution in [-0.4, -0.2) is 0 Å². The lowest BCUT2D eigenvalue weighted by Crippen LogP contribution is -2.09. The molecule has 2 atom stereocenters. The van der Waals surface area contributed by atoms with Gasteiger partial charge in [-0.15, -0.1) is 0 Å². The van der Waals surface area contributed by atoms with E-state index < -0.39 is 0 Å². The lowest BCUT2D eigenvalue weighted by atomic mass is 9.91. The largest absolute Gasteiger partial charge is 0.458 e. The van der Waals surface area contributed by atoms with Crippen molar-refractivity contribution in [1.29, 1.82) is 0 Å². The Morgan fingerprint density at radius 2 is 1.76 bits per heavy atom. The van der Waals surface area contributed by atoms with E-state index in [1.54, 1.807) is 0 Å². The van der Waals surface area contributed by atoms with Crippen LogP contribution in [-0.2, 0) is 0 Å². The predicted molar refractivity (Wildman–Crippen MR) is 72.1 cm³/mol. The second kappa shape index (κ2) is 4.79. The standard InChI is InChI=1S/C16H20O/c1-11-5-7-15(9-13(11)3)17-16-8-6-12(2)14(4)10-16/h5-11,13H,1-4H3. The highest BCUT2D eigenvalue weighted by molar-refractivity contribution is 5.36. The molecule has 2 rings (SSSR count). The minimum absolute atomic E-state index is 0.543. The van der Waals surface area contributed by atoms with Crippen LogP contribution in [0.2, 0.25) is 0 Å². The van der Waals surface area contributed by atoms with Crippen LogP contribution < -0.4 is 4.74 Å².